The summed E-state index contributed by atoms with van der Waals surface area (Å²) in [7, 11) is 0. The summed E-state index contributed by atoms with van der Waals surface area (Å²) in [6, 6.07) is 0. The summed E-state index contributed by atoms with van der Waals surface area (Å²) in [5.41, 5.74) is 1.10. The first-order valence-electron chi connectivity index (χ1n) is 4.99. The van der Waals surface area contributed by atoms with Gasteiger partial charge in [-0.2, -0.15) is 0 Å². The standard InChI is InChI=1S/C11H16O/c1-8(12)11-6-9-4-2-3-5-10(9)7-11/h6,9-10H,2-5,7H2,1H3/t9-,10+/m1/s1. The van der Waals surface area contributed by atoms with E-state index in [9.17, 15) is 4.79 Å². The first kappa shape index (κ1) is 8.03. The number of Topliss-reactive ketones (excluding diaryl/α,β-unsaturated/α-hetero) is 1. The van der Waals surface area contributed by atoms with E-state index in [1.54, 1.807) is 6.92 Å². The Labute approximate surface area is 73.8 Å². The van der Waals surface area contributed by atoms with Gasteiger partial charge in [0.05, 0.1) is 0 Å². The van der Waals surface area contributed by atoms with E-state index in [4.69, 9.17) is 0 Å². The predicted octanol–water partition coefficient (Wildman–Crippen LogP) is 2.71. The minimum absolute atomic E-state index is 0.296. The fourth-order valence-corrected chi connectivity index (χ4v) is 2.58. The SMILES string of the molecule is CC(=O)C1=C[C@H]2CCCC[C@H]2C1. The third-order valence-corrected chi connectivity index (χ3v) is 3.32. The van der Waals surface area contributed by atoms with Crippen LogP contribution in [-0.2, 0) is 4.79 Å². The van der Waals surface area contributed by atoms with Crippen LogP contribution in [-0.4, -0.2) is 5.78 Å². The number of rotatable bonds is 1. The molecule has 2 aliphatic rings. The zero-order valence-electron chi connectivity index (χ0n) is 7.68. The Morgan fingerprint density at radius 3 is 2.83 bits per heavy atom. The normalized spacial score (nSPS) is 34.2. The molecule has 66 valence electrons. The number of carbonyl (C=O) groups excluding carboxylic acids is 1. The van der Waals surface area contributed by atoms with Gasteiger partial charge in [-0.3, -0.25) is 4.79 Å². The van der Waals surface area contributed by atoms with E-state index in [0.717, 1.165) is 23.8 Å². The molecule has 0 aromatic heterocycles. The van der Waals surface area contributed by atoms with Gasteiger partial charge >= 0.3 is 0 Å². The van der Waals surface area contributed by atoms with Crippen molar-refractivity contribution in [2.75, 3.05) is 0 Å². The van der Waals surface area contributed by atoms with Crippen LogP contribution in [0.25, 0.3) is 0 Å². The van der Waals surface area contributed by atoms with E-state index in [2.05, 4.69) is 6.08 Å². The number of hydrogen-bond donors (Lipinski definition) is 0. The highest BCUT2D eigenvalue weighted by molar-refractivity contribution is 5.93. The highest BCUT2D eigenvalue weighted by atomic mass is 16.1. The molecule has 0 aromatic rings. The van der Waals surface area contributed by atoms with Crippen LogP contribution in [0.5, 0.6) is 0 Å². The van der Waals surface area contributed by atoms with Gasteiger partial charge in [0, 0.05) is 0 Å². The number of allylic oxidation sites excluding steroid dienone is 2. The lowest BCUT2D eigenvalue weighted by atomic mass is 9.81. The largest absolute Gasteiger partial charge is 0.295 e. The van der Waals surface area contributed by atoms with Crippen molar-refractivity contribution in [2.45, 2.75) is 39.0 Å². The molecule has 0 aliphatic heterocycles. The maximum absolute atomic E-state index is 11.1. The van der Waals surface area contributed by atoms with Gasteiger partial charge in [0.15, 0.2) is 5.78 Å². The van der Waals surface area contributed by atoms with E-state index in [-0.39, 0.29) is 0 Å². The average molecular weight is 164 g/mol. The van der Waals surface area contributed by atoms with Crippen LogP contribution in [0.2, 0.25) is 0 Å². The number of ketones is 1. The van der Waals surface area contributed by atoms with Crippen molar-refractivity contribution >= 4 is 5.78 Å². The van der Waals surface area contributed by atoms with Gasteiger partial charge in [0.1, 0.15) is 0 Å². The molecule has 0 saturated heterocycles. The van der Waals surface area contributed by atoms with Crippen LogP contribution in [0.15, 0.2) is 11.6 Å². The fraction of sp³-hybridized carbons (Fsp3) is 0.727. The lowest BCUT2D eigenvalue weighted by molar-refractivity contribution is -0.113. The lowest BCUT2D eigenvalue weighted by Gasteiger charge is -2.24. The van der Waals surface area contributed by atoms with Gasteiger partial charge in [-0.05, 0) is 43.6 Å². The predicted molar refractivity (Wildman–Crippen MR) is 48.8 cm³/mol. The third kappa shape index (κ3) is 1.33. The molecule has 0 spiro atoms. The summed E-state index contributed by atoms with van der Waals surface area (Å²) < 4.78 is 0. The number of hydrogen-bond acceptors (Lipinski definition) is 1. The Morgan fingerprint density at radius 2 is 2.17 bits per heavy atom. The van der Waals surface area contributed by atoms with Gasteiger partial charge in [0.25, 0.3) is 0 Å². The van der Waals surface area contributed by atoms with Gasteiger partial charge in [0.2, 0.25) is 0 Å². The smallest absolute Gasteiger partial charge is 0.155 e. The summed E-state index contributed by atoms with van der Waals surface area (Å²) in [6.45, 7) is 1.70. The van der Waals surface area contributed by atoms with Crippen LogP contribution in [0.1, 0.15) is 39.0 Å². The Morgan fingerprint density at radius 1 is 1.42 bits per heavy atom. The van der Waals surface area contributed by atoms with Crippen LogP contribution >= 0.6 is 0 Å². The van der Waals surface area contributed by atoms with Crippen molar-refractivity contribution in [3.63, 3.8) is 0 Å². The maximum atomic E-state index is 11.1. The first-order chi connectivity index (χ1) is 5.77. The summed E-state index contributed by atoms with van der Waals surface area (Å²) in [4.78, 5) is 11.1. The molecule has 1 heteroatoms. The second-order valence-electron chi connectivity index (χ2n) is 4.16. The topological polar surface area (TPSA) is 17.1 Å². The molecule has 0 radical (unpaired) electrons. The highest BCUT2D eigenvalue weighted by Crippen LogP contribution is 2.40. The summed E-state index contributed by atoms with van der Waals surface area (Å²) >= 11 is 0. The zero-order valence-corrected chi connectivity index (χ0v) is 7.68. The maximum Gasteiger partial charge on any atom is 0.155 e. The van der Waals surface area contributed by atoms with Crippen LogP contribution in [0, 0.1) is 11.8 Å². The molecular weight excluding hydrogens is 148 g/mol. The number of carbonyl (C=O) groups is 1. The Balaban J connectivity index is 2.09. The molecule has 1 nitrogen and oxygen atoms in total. The van der Waals surface area contributed by atoms with Crippen molar-refractivity contribution in [1.29, 1.82) is 0 Å². The van der Waals surface area contributed by atoms with Crippen molar-refractivity contribution in [3.8, 4) is 0 Å². The minimum Gasteiger partial charge on any atom is -0.295 e. The third-order valence-electron chi connectivity index (χ3n) is 3.32. The quantitative estimate of drug-likeness (QED) is 0.582. The van der Waals surface area contributed by atoms with E-state index >= 15 is 0 Å². The molecule has 1 saturated carbocycles. The molecular formula is C11H16O. The molecule has 0 N–H and O–H groups in total. The van der Waals surface area contributed by atoms with E-state index in [1.807, 2.05) is 0 Å². The zero-order chi connectivity index (χ0) is 8.55. The van der Waals surface area contributed by atoms with E-state index in [1.165, 1.54) is 25.7 Å². The summed E-state index contributed by atoms with van der Waals surface area (Å²) in [5.74, 6) is 1.86. The molecule has 0 unspecified atom stereocenters. The van der Waals surface area contributed by atoms with Crippen LogP contribution in [0.3, 0.4) is 0 Å². The minimum atomic E-state index is 0.296. The average Bonchev–Trinajstić information content (AvgIpc) is 2.46. The van der Waals surface area contributed by atoms with Gasteiger partial charge < -0.3 is 0 Å². The Hall–Kier alpha value is -0.590. The second-order valence-corrected chi connectivity index (χ2v) is 4.16. The van der Waals surface area contributed by atoms with Crippen LogP contribution < -0.4 is 0 Å². The molecule has 2 rings (SSSR count). The molecule has 0 aromatic carbocycles. The van der Waals surface area contributed by atoms with E-state index in [0.29, 0.717) is 5.78 Å². The number of fused-ring (bicyclic) bond motifs is 1. The molecule has 1 fully saturated rings. The second kappa shape index (κ2) is 3.04. The molecule has 12 heavy (non-hydrogen) atoms. The molecule has 0 bridgehead atoms. The fourth-order valence-electron chi connectivity index (χ4n) is 2.58. The van der Waals surface area contributed by atoms with Crippen molar-refractivity contribution < 1.29 is 4.79 Å². The van der Waals surface area contributed by atoms with E-state index < -0.39 is 0 Å². The van der Waals surface area contributed by atoms with Crippen molar-refractivity contribution in [3.05, 3.63) is 11.6 Å². The molecule has 2 atom stereocenters. The summed E-state index contributed by atoms with van der Waals surface area (Å²) in [5, 5.41) is 0. The first-order valence-corrected chi connectivity index (χ1v) is 4.99. The van der Waals surface area contributed by atoms with Crippen molar-refractivity contribution in [1.82, 2.24) is 0 Å². The molecule has 0 heterocycles. The summed E-state index contributed by atoms with van der Waals surface area (Å²) in [6.07, 6.45) is 8.72. The Kier molecular flexibility index (Phi) is 2.03. The van der Waals surface area contributed by atoms with Crippen molar-refractivity contribution in [2.24, 2.45) is 11.8 Å². The van der Waals surface area contributed by atoms with Crippen LogP contribution in [0.4, 0.5) is 0 Å². The molecule has 2 aliphatic carbocycles. The monoisotopic (exact) mass is 164 g/mol. The lowest BCUT2D eigenvalue weighted by Crippen LogP contribution is -2.13. The Bertz CT molecular complexity index is 227. The molecule has 0 amide bonds. The van der Waals surface area contributed by atoms with Gasteiger partial charge in [-0.25, -0.2) is 0 Å². The van der Waals surface area contributed by atoms with Gasteiger partial charge in [-0.15, -0.1) is 0 Å². The highest BCUT2D eigenvalue weighted by Gasteiger charge is 2.30. The van der Waals surface area contributed by atoms with Gasteiger partial charge in [-0.1, -0.05) is 18.9 Å².